The van der Waals surface area contributed by atoms with Gasteiger partial charge in [-0.05, 0) is 78.6 Å². The number of halogens is 2. The molecule has 6 nitrogen and oxygen atoms in total. The monoisotopic (exact) mass is 561 g/mol. The predicted molar refractivity (Wildman–Crippen MR) is 158 cm³/mol. The van der Waals surface area contributed by atoms with Crippen molar-refractivity contribution in [2.75, 3.05) is 13.1 Å². The minimum absolute atomic E-state index is 0.00138. The highest BCUT2D eigenvalue weighted by atomic mass is 19.1. The van der Waals surface area contributed by atoms with Gasteiger partial charge in [-0.25, -0.2) is 13.8 Å². The molecule has 210 valence electrons. The maximum atomic E-state index is 13.9. The highest BCUT2D eigenvalue weighted by Crippen LogP contribution is 2.32. The number of nitrogens with zero attached hydrogens (tertiary/aromatic N) is 5. The fraction of sp³-hybridized carbons (Fsp3) is 0.206. The summed E-state index contributed by atoms with van der Waals surface area (Å²) in [6, 6.07) is 26.8. The Labute approximate surface area is 241 Å². The third-order valence-electron chi connectivity index (χ3n) is 8.09. The van der Waals surface area contributed by atoms with Gasteiger partial charge in [0.25, 0.3) is 5.91 Å². The quantitative estimate of drug-likeness (QED) is 0.225. The van der Waals surface area contributed by atoms with Crippen LogP contribution in [0.4, 0.5) is 8.78 Å². The van der Waals surface area contributed by atoms with E-state index in [0.29, 0.717) is 31.7 Å². The predicted octanol–water partition coefficient (Wildman–Crippen LogP) is 6.78. The maximum absolute atomic E-state index is 13.9. The number of hydrogen-bond donors (Lipinski definition) is 0. The first-order valence-electron chi connectivity index (χ1n) is 14.2. The van der Waals surface area contributed by atoms with Gasteiger partial charge in [-0.2, -0.15) is 5.10 Å². The molecule has 1 saturated heterocycles. The Hall–Kier alpha value is -4.85. The van der Waals surface area contributed by atoms with Crippen LogP contribution in [0.25, 0.3) is 21.9 Å². The summed E-state index contributed by atoms with van der Waals surface area (Å²) in [5, 5.41) is 5.47. The van der Waals surface area contributed by atoms with Crippen LogP contribution in [0.3, 0.4) is 0 Å². The Morgan fingerprint density at radius 1 is 0.786 bits per heavy atom. The topological polar surface area (TPSA) is 56.0 Å². The lowest BCUT2D eigenvalue weighted by atomic mass is 9.95. The lowest BCUT2D eigenvalue weighted by Gasteiger charge is -2.32. The van der Waals surface area contributed by atoms with E-state index in [0.717, 1.165) is 51.7 Å². The molecule has 4 aromatic carbocycles. The van der Waals surface area contributed by atoms with Gasteiger partial charge in [0.1, 0.15) is 17.5 Å². The third-order valence-corrected chi connectivity index (χ3v) is 8.09. The average molecular weight is 562 g/mol. The van der Waals surface area contributed by atoms with Crippen LogP contribution in [0, 0.1) is 11.6 Å². The molecule has 0 aliphatic carbocycles. The first-order chi connectivity index (χ1) is 20.5. The van der Waals surface area contributed by atoms with Crippen LogP contribution in [0.15, 0.2) is 97.2 Å². The average Bonchev–Trinajstić information content (AvgIpc) is 3.57. The Balaban J connectivity index is 1.07. The Bertz CT molecular complexity index is 1920. The second-order valence-corrected chi connectivity index (χ2v) is 11.0. The molecule has 1 fully saturated rings. The largest absolute Gasteiger partial charge is 0.339 e. The summed E-state index contributed by atoms with van der Waals surface area (Å²) in [6.07, 6.45) is 3.49. The van der Waals surface area contributed by atoms with Gasteiger partial charge in [0.15, 0.2) is 0 Å². The van der Waals surface area contributed by atoms with Crippen LogP contribution in [0.5, 0.6) is 0 Å². The zero-order chi connectivity index (χ0) is 28.6. The highest BCUT2D eigenvalue weighted by Gasteiger charge is 2.28. The summed E-state index contributed by atoms with van der Waals surface area (Å²) < 4.78 is 31.5. The number of aromatic nitrogens is 4. The molecule has 1 aliphatic heterocycles. The summed E-state index contributed by atoms with van der Waals surface area (Å²) in [6.45, 7) is 2.25. The minimum atomic E-state index is -0.273. The van der Waals surface area contributed by atoms with Gasteiger partial charge in [0, 0.05) is 42.7 Å². The van der Waals surface area contributed by atoms with Gasteiger partial charge in [0.05, 0.1) is 23.1 Å². The molecule has 0 N–H and O–H groups in total. The van der Waals surface area contributed by atoms with Crippen molar-refractivity contribution in [1.29, 1.82) is 0 Å². The van der Waals surface area contributed by atoms with Crippen LogP contribution < -0.4 is 0 Å². The third kappa shape index (κ3) is 5.16. The Morgan fingerprint density at radius 3 is 2.24 bits per heavy atom. The lowest BCUT2D eigenvalue weighted by molar-refractivity contribution is 0.0710. The number of piperidine rings is 1. The summed E-state index contributed by atoms with van der Waals surface area (Å²) in [7, 11) is 0. The minimum Gasteiger partial charge on any atom is -0.339 e. The highest BCUT2D eigenvalue weighted by molar-refractivity contribution is 5.98. The molecule has 6 aromatic rings. The zero-order valence-electron chi connectivity index (χ0n) is 23.0. The molecular weight excluding hydrogens is 532 g/mol. The van der Waals surface area contributed by atoms with E-state index in [1.54, 1.807) is 22.9 Å². The second-order valence-electron chi connectivity index (χ2n) is 11.0. The van der Waals surface area contributed by atoms with Crippen LogP contribution in [-0.4, -0.2) is 43.2 Å². The molecule has 0 spiro atoms. The number of benzene rings is 4. The number of amides is 1. The Morgan fingerprint density at radius 2 is 1.50 bits per heavy atom. The number of likely N-dealkylation sites (tertiary alicyclic amines) is 1. The molecule has 1 aliphatic rings. The van der Waals surface area contributed by atoms with Crippen LogP contribution in [0.1, 0.15) is 46.1 Å². The molecule has 0 atom stereocenters. The van der Waals surface area contributed by atoms with Crippen molar-refractivity contribution in [2.45, 2.75) is 31.8 Å². The van der Waals surface area contributed by atoms with E-state index in [4.69, 9.17) is 4.98 Å². The molecule has 0 unspecified atom stereocenters. The van der Waals surface area contributed by atoms with E-state index in [1.807, 2.05) is 59.6 Å². The SMILES string of the molecule is O=C(c1ccc2nn(Cc3cccc(F)c3)cc2c1)N1CCC(c2nc3ccccc3n2Cc2cccc(F)c2)CC1. The normalized spacial score (nSPS) is 14.2. The number of carbonyl (C=O) groups excluding carboxylic acids is 1. The van der Waals surface area contributed by atoms with E-state index in [1.165, 1.54) is 18.2 Å². The van der Waals surface area contributed by atoms with E-state index in [9.17, 15) is 13.6 Å². The van der Waals surface area contributed by atoms with Crippen LogP contribution in [-0.2, 0) is 13.1 Å². The van der Waals surface area contributed by atoms with Crippen molar-refractivity contribution in [3.63, 3.8) is 0 Å². The summed E-state index contributed by atoms with van der Waals surface area (Å²) >= 11 is 0. The van der Waals surface area contributed by atoms with E-state index in [-0.39, 0.29) is 23.5 Å². The molecule has 7 rings (SSSR count). The molecule has 0 bridgehead atoms. The molecule has 1 amide bonds. The molecular formula is C34H29F2N5O. The lowest BCUT2D eigenvalue weighted by Crippen LogP contribution is -2.38. The van der Waals surface area contributed by atoms with Crippen LogP contribution >= 0.6 is 0 Å². The van der Waals surface area contributed by atoms with Crippen LogP contribution in [0.2, 0.25) is 0 Å². The van der Waals surface area contributed by atoms with Crippen molar-refractivity contribution < 1.29 is 13.6 Å². The zero-order valence-corrected chi connectivity index (χ0v) is 23.0. The fourth-order valence-electron chi connectivity index (χ4n) is 6.03. The molecule has 2 aromatic heterocycles. The van der Waals surface area contributed by atoms with Gasteiger partial charge in [0.2, 0.25) is 0 Å². The van der Waals surface area contributed by atoms with E-state index in [2.05, 4.69) is 15.7 Å². The molecule has 42 heavy (non-hydrogen) atoms. The summed E-state index contributed by atoms with van der Waals surface area (Å²) in [4.78, 5) is 20.4. The fourth-order valence-corrected chi connectivity index (χ4v) is 6.03. The number of hydrogen-bond acceptors (Lipinski definition) is 3. The van der Waals surface area contributed by atoms with Gasteiger partial charge in [-0.15, -0.1) is 0 Å². The van der Waals surface area contributed by atoms with E-state index >= 15 is 0 Å². The van der Waals surface area contributed by atoms with Crippen molar-refractivity contribution >= 4 is 27.8 Å². The standard InChI is InChI=1S/C34H29F2N5O/c35-28-7-3-5-23(17-28)20-40-22-27-19-26(11-12-30(27)38-40)34(42)39-15-13-25(14-16-39)33-37-31-9-1-2-10-32(31)41(33)21-24-6-4-8-29(36)18-24/h1-12,17-19,22,25H,13-16,20-21H2. The summed E-state index contributed by atoms with van der Waals surface area (Å²) in [5.74, 6) is 0.659. The van der Waals surface area contributed by atoms with Crippen molar-refractivity contribution in [2.24, 2.45) is 0 Å². The number of fused-ring (bicyclic) bond motifs is 2. The van der Waals surface area contributed by atoms with Gasteiger partial charge < -0.3 is 9.47 Å². The van der Waals surface area contributed by atoms with Gasteiger partial charge >= 0.3 is 0 Å². The van der Waals surface area contributed by atoms with E-state index < -0.39 is 0 Å². The summed E-state index contributed by atoms with van der Waals surface area (Å²) in [5.41, 5.74) is 5.09. The maximum Gasteiger partial charge on any atom is 0.253 e. The van der Waals surface area contributed by atoms with Crippen molar-refractivity contribution in [3.8, 4) is 0 Å². The van der Waals surface area contributed by atoms with Gasteiger partial charge in [-0.3, -0.25) is 9.48 Å². The molecule has 0 saturated carbocycles. The number of carbonyl (C=O) groups is 1. The Kier molecular flexibility index (Phi) is 6.74. The first-order valence-corrected chi connectivity index (χ1v) is 14.2. The van der Waals surface area contributed by atoms with Crippen molar-refractivity contribution in [1.82, 2.24) is 24.2 Å². The number of imidazole rings is 1. The first kappa shape index (κ1) is 26.1. The van der Waals surface area contributed by atoms with Crippen molar-refractivity contribution in [3.05, 3.63) is 131 Å². The molecule has 3 heterocycles. The molecule has 8 heteroatoms. The smallest absolute Gasteiger partial charge is 0.253 e. The van der Waals surface area contributed by atoms with Gasteiger partial charge in [-0.1, -0.05) is 36.4 Å². The molecule has 0 radical (unpaired) electrons. The second kappa shape index (κ2) is 10.9. The number of para-hydroxylation sites is 2. The number of rotatable bonds is 6.